The number of hydrogen-bond acceptors (Lipinski definition) is 4. The van der Waals surface area contributed by atoms with Crippen LogP contribution in [0.25, 0.3) is 0 Å². The van der Waals surface area contributed by atoms with Gasteiger partial charge in [0.25, 0.3) is 0 Å². The predicted molar refractivity (Wildman–Crippen MR) is 85.8 cm³/mol. The van der Waals surface area contributed by atoms with Gasteiger partial charge in [0, 0.05) is 37.9 Å². The lowest BCUT2D eigenvalue weighted by atomic mass is 10.2. The SMILES string of the molecule is O=C(N[C@@H]1CCS(=O)(=O)C1)N1CCN(c2ccccc2)CC1. The van der Waals surface area contributed by atoms with Crippen LogP contribution in [0.3, 0.4) is 0 Å². The van der Waals surface area contributed by atoms with Crippen molar-refractivity contribution in [2.24, 2.45) is 0 Å². The Morgan fingerprint density at radius 1 is 1.09 bits per heavy atom. The Balaban J connectivity index is 1.50. The van der Waals surface area contributed by atoms with Gasteiger partial charge in [-0.15, -0.1) is 0 Å². The van der Waals surface area contributed by atoms with Gasteiger partial charge in [0.05, 0.1) is 11.5 Å². The van der Waals surface area contributed by atoms with Gasteiger partial charge in [-0.2, -0.15) is 0 Å². The van der Waals surface area contributed by atoms with E-state index in [0.717, 1.165) is 13.1 Å². The Bertz CT molecular complexity index is 625. The van der Waals surface area contributed by atoms with Gasteiger partial charge in [0.2, 0.25) is 0 Å². The number of para-hydroxylation sites is 1. The Morgan fingerprint density at radius 3 is 2.36 bits per heavy atom. The van der Waals surface area contributed by atoms with Crippen molar-refractivity contribution in [3.8, 4) is 0 Å². The summed E-state index contributed by atoms with van der Waals surface area (Å²) in [5.41, 5.74) is 1.17. The van der Waals surface area contributed by atoms with Gasteiger partial charge in [-0.1, -0.05) is 18.2 Å². The fourth-order valence-electron chi connectivity index (χ4n) is 2.98. The molecule has 6 nitrogen and oxygen atoms in total. The van der Waals surface area contributed by atoms with Crippen LogP contribution in [0.5, 0.6) is 0 Å². The molecule has 7 heteroatoms. The smallest absolute Gasteiger partial charge is 0.317 e. The molecule has 2 saturated heterocycles. The average molecular weight is 323 g/mol. The van der Waals surface area contributed by atoms with E-state index in [1.807, 2.05) is 18.2 Å². The molecule has 1 N–H and O–H groups in total. The normalized spacial score (nSPS) is 24.3. The quantitative estimate of drug-likeness (QED) is 0.870. The highest BCUT2D eigenvalue weighted by Gasteiger charge is 2.30. The number of piperazine rings is 1. The van der Waals surface area contributed by atoms with Crippen LogP contribution in [0, 0.1) is 0 Å². The van der Waals surface area contributed by atoms with Crippen LogP contribution in [0.2, 0.25) is 0 Å². The summed E-state index contributed by atoms with van der Waals surface area (Å²) in [6.45, 7) is 2.89. The minimum Gasteiger partial charge on any atom is -0.368 e. The van der Waals surface area contributed by atoms with E-state index in [-0.39, 0.29) is 23.6 Å². The molecule has 0 aliphatic carbocycles. The Hall–Kier alpha value is -1.76. The van der Waals surface area contributed by atoms with E-state index in [1.54, 1.807) is 4.90 Å². The van der Waals surface area contributed by atoms with Crippen molar-refractivity contribution >= 4 is 21.6 Å². The molecule has 2 amide bonds. The molecule has 3 rings (SSSR count). The highest BCUT2D eigenvalue weighted by Crippen LogP contribution is 2.16. The standard InChI is InChI=1S/C15H21N3O3S/c19-15(16-13-6-11-22(20,21)12-13)18-9-7-17(8-10-18)14-4-2-1-3-5-14/h1-5,13H,6-12H2,(H,16,19)/t13-/m1/s1. The number of anilines is 1. The summed E-state index contributed by atoms with van der Waals surface area (Å²) in [5.74, 6) is 0.252. The Labute approximate surface area is 131 Å². The van der Waals surface area contributed by atoms with Gasteiger partial charge in [-0.25, -0.2) is 13.2 Å². The number of urea groups is 1. The minimum atomic E-state index is -2.96. The van der Waals surface area contributed by atoms with Crippen molar-refractivity contribution in [1.82, 2.24) is 10.2 Å². The molecule has 0 spiro atoms. The van der Waals surface area contributed by atoms with Crippen LogP contribution >= 0.6 is 0 Å². The molecule has 0 unspecified atom stereocenters. The first-order valence-corrected chi connectivity index (χ1v) is 9.41. The molecular weight excluding hydrogens is 302 g/mol. The van der Waals surface area contributed by atoms with Crippen LogP contribution in [0.15, 0.2) is 30.3 Å². The third-order valence-corrected chi connectivity index (χ3v) is 6.02. The van der Waals surface area contributed by atoms with Crippen LogP contribution < -0.4 is 10.2 Å². The summed E-state index contributed by atoms with van der Waals surface area (Å²) in [5, 5.41) is 2.85. The molecule has 2 aliphatic heterocycles. The highest BCUT2D eigenvalue weighted by atomic mass is 32.2. The molecule has 1 atom stereocenters. The van der Waals surface area contributed by atoms with Gasteiger partial charge in [0.1, 0.15) is 0 Å². The van der Waals surface area contributed by atoms with Gasteiger partial charge >= 0.3 is 6.03 Å². The third kappa shape index (κ3) is 3.52. The number of rotatable bonds is 2. The first-order chi connectivity index (χ1) is 10.5. The maximum atomic E-state index is 12.2. The topological polar surface area (TPSA) is 69.7 Å². The molecule has 0 saturated carbocycles. The van der Waals surface area contributed by atoms with Gasteiger partial charge in [0.15, 0.2) is 9.84 Å². The monoisotopic (exact) mass is 323 g/mol. The fraction of sp³-hybridized carbons (Fsp3) is 0.533. The van der Waals surface area contributed by atoms with Crippen molar-refractivity contribution in [3.05, 3.63) is 30.3 Å². The molecule has 2 aliphatic rings. The van der Waals surface area contributed by atoms with Crippen molar-refractivity contribution in [2.45, 2.75) is 12.5 Å². The second kappa shape index (κ2) is 6.16. The molecule has 1 aromatic rings. The minimum absolute atomic E-state index is 0.0721. The summed E-state index contributed by atoms with van der Waals surface area (Å²) in [6, 6.07) is 9.77. The van der Waals surface area contributed by atoms with Crippen molar-refractivity contribution in [2.75, 3.05) is 42.6 Å². The third-order valence-electron chi connectivity index (χ3n) is 4.25. The molecule has 2 heterocycles. The van der Waals surface area contributed by atoms with Crippen molar-refractivity contribution < 1.29 is 13.2 Å². The Morgan fingerprint density at radius 2 is 1.77 bits per heavy atom. The number of nitrogens with zero attached hydrogens (tertiary/aromatic N) is 2. The molecular formula is C15H21N3O3S. The zero-order chi connectivity index (χ0) is 15.6. The summed E-state index contributed by atoms with van der Waals surface area (Å²) < 4.78 is 22.9. The lowest BCUT2D eigenvalue weighted by Crippen LogP contribution is -2.53. The maximum absolute atomic E-state index is 12.2. The first kappa shape index (κ1) is 15.1. The number of nitrogens with one attached hydrogen (secondary N) is 1. The van der Waals surface area contributed by atoms with Gasteiger partial charge in [-0.3, -0.25) is 0 Å². The zero-order valence-corrected chi connectivity index (χ0v) is 13.3. The Kier molecular flexibility index (Phi) is 4.24. The number of sulfone groups is 1. The molecule has 1 aromatic carbocycles. The number of hydrogen-bond donors (Lipinski definition) is 1. The van der Waals surface area contributed by atoms with E-state index >= 15 is 0 Å². The molecule has 0 radical (unpaired) electrons. The van der Waals surface area contributed by atoms with Crippen LogP contribution in [0.4, 0.5) is 10.5 Å². The number of amides is 2. The van der Waals surface area contributed by atoms with Crippen molar-refractivity contribution in [3.63, 3.8) is 0 Å². The summed E-state index contributed by atoms with van der Waals surface area (Å²) in [4.78, 5) is 16.2. The van der Waals surface area contributed by atoms with E-state index in [0.29, 0.717) is 19.5 Å². The first-order valence-electron chi connectivity index (χ1n) is 7.59. The number of carbonyl (C=O) groups is 1. The van der Waals surface area contributed by atoms with Gasteiger partial charge in [-0.05, 0) is 18.6 Å². The molecule has 0 bridgehead atoms. The van der Waals surface area contributed by atoms with E-state index in [9.17, 15) is 13.2 Å². The van der Waals surface area contributed by atoms with E-state index in [2.05, 4.69) is 22.3 Å². The lowest BCUT2D eigenvalue weighted by molar-refractivity contribution is 0.191. The second-order valence-corrected chi connectivity index (χ2v) is 8.09. The summed E-state index contributed by atoms with van der Waals surface area (Å²) in [6.07, 6.45) is 0.526. The molecule has 0 aromatic heterocycles. The van der Waals surface area contributed by atoms with Gasteiger partial charge < -0.3 is 15.1 Å². The summed E-state index contributed by atoms with van der Waals surface area (Å²) in [7, 11) is -2.96. The fourth-order valence-corrected chi connectivity index (χ4v) is 4.65. The van der Waals surface area contributed by atoms with Crippen LogP contribution in [-0.4, -0.2) is 63.1 Å². The molecule has 22 heavy (non-hydrogen) atoms. The average Bonchev–Trinajstić information content (AvgIpc) is 2.87. The van der Waals surface area contributed by atoms with Crippen molar-refractivity contribution in [1.29, 1.82) is 0 Å². The predicted octanol–water partition coefficient (Wildman–Crippen LogP) is 0.705. The summed E-state index contributed by atoms with van der Waals surface area (Å²) >= 11 is 0. The van der Waals surface area contributed by atoms with E-state index in [1.165, 1.54) is 5.69 Å². The number of carbonyl (C=O) groups excluding carboxylic acids is 1. The van der Waals surface area contributed by atoms with Crippen LogP contribution in [0.1, 0.15) is 6.42 Å². The lowest BCUT2D eigenvalue weighted by Gasteiger charge is -2.36. The second-order valence-electron chi connectivity index (χ2n) is 5.86. The highest BCUT2D eigenvalue weighted by molar-refractivity contribution is 7.91. The van der Waals surface area contributed by atoms with E-state index in [4.69, 9.17) is 0 Å². The number of benzene rings is 1. The van der Waals surface area contributed by atoms with E-state index < -0.39 is 9.84 Å². The molecule has 2 fully saturated rings. The van der Waals surface area contributed by atoms with Crippen LogP contribution in [-0.2, 0) is 9.84 Å². The maximum Gasteiger partial charge on any atom is 0.317 e. The largest absolute Gasteiger partial charge is 0.368 e. The molecule has 120 valence electrons. The zero-order valence-electron chi connectivity index (χ0n) is 12.4.